The number of nitrogens with one attached hydrogen (secondary N) is 1. The molecular formula is C8H9N3. The fraction of sp³-hybridized carbons (Fsp3) is 0.500. The van der Waals surface area contributed by atoms with Crippen LogP contribution in [-0.4, -0.2) is 12.4 Å². The summed E-state index contributed by atoms with van der Waals surface area (Å²) in [7, 11) is 0. The second kappa shape index (κ2) is 2.09. The lowest BCUT2D eigenvalue weighted by molar-refractivity contribution is 0.865. The molecule has 0 aromatic rings. The molecule has 1 aliphatic heterocycles. The summed E-state index contributed by atoms with van der Waals surface area (Å²) in [5.74, 6) is 0.863. The first-order valence-corrected chi connectivity index (χ1v) is 3.75. The van der Waals surface area contributed by atoms with Gasteiger partial charge in [0.25, 0.3) is 0 Å². The highest BCUT2D eigenvalue weighted by Crippen LogP contribution is 2.45. The van der Waals surface area contributed by atoms with Crippen LogP contribution >= 0.6 is 0 Å². The van der Waals surface area contributed by atoms with Crippen LogP contribution in [0.5, 0.6) is 0 Å². The fourth-order valence-corrected chi connectivity index (χ4v) is 1.20. The molecule has 3 heteroatoms. The molecule has 1 fully saturated rings. The Morgan fingerprint density at radius 3 is 2.91 bits per heavy atom. The predicted molar refractivity (Wildman–Crippen MR) is 41.9 cm³/mol. The van der Waals surface area contributed by atoms with Crippen molar-refractivity contribution < 1.29 is 0 Å². The zero-order valence-electron chi connectivity index (χ0n) is 6.17. The van der Waals surface area contributed by atoms with Gasteiger partial charge in [0.15, 0.2) is 0 Å². The number of hydrogen-bond acceptors (Lipinski definition) is 3. The molecule has 0 aromatic heterocycles. The van der Waals surface area contributed by atoms with E-state index in [-0.39, 0.29) is 5.41 Å². The van der Waals surface area contributed by atoms with Crippen LogP contribution in [0.1, 0.15) is 12.8 Å². The lowest BCUT2D eigenvalue weighted by Crippen LogP contribution is -2.29. The number of amidine groups is 1. The number of hydrogen-bond donors (Lipinski definition) is 1. The van der Waals surface area contributed by atoms with Crippen molar-refractivity contribution in [2.45, 2.75) is 12.8 Å². The fourth-order valence-electron chi connectivity index (χ4n) is 1.20. The van der Waals surface area contributed by atoms with Crippen molar-refractivity contribution in [3.63, 3.8) is 0 Å². The third-order valence-corrected chi connectivity index (χ3v) is 2.11. The van der Waals surface area contributed by atoms with Crippen molar-refractivity contribution in [2.75, 3.05) is 6.54 Å². The first-order valence-electron chi connectivity index (χ1n) is 3.75. The van der Waals surface area contributed by atoms with Gasteiger partial charge in [0.1, 0.15) is 11.3 Å². The Kier molecular flexibility index (Phi) is 1.22. The smallest absolute Gasteiger partial charge is 0.121 e. The van der Waals surface area contributed by atoms with Gasteiger partial charge in [0.05, 0.1) is 12.6 Å². The Morgan fingerprint density at radius 1 is 1.64 bits per heavy atom. The molecule has 2 rings (SSSR count). The van der Waals surface area contributed by atoms with E-state index in [0.717, 1.165) is 18.7 Å². The molecule has 56 valence electrons. The molecule has 0 radical (unpaired) electrons. The molecule has 0 bridgehead atoms. The third-order valence-electron chi connectivity index (χ3n) is 2.11. The second-order valence-corrected chi connectivity index (χ2v) is 2.93. The summed E-state index contributed by atoms with van der Waals surface area (Å²) in [4.78, 5) is 4.23. The SMILES string of the molecule is N#CC1(C2=NCC=CN2)CC1. The highest BCUT2D eigenvalue weighted by Gasteiger charge is 2.48. The van der Waals surface area contributed by atoms with E-state index in [1.54, 1.807) is 0 Å². The molecule has 2 aliphatic rings. The zero-order chi connectivity index (χ0) is 7.73. The Bertz CT molecular complexity index is 266. The molecule has 0 saturated heterocycles. The zero-order valence-corrected chi connectivity index (χ0v) is 6.17. The summed E-state index contributed by atoms with van der Waals surface area (Å²) in [5, 5.41) is 11.8. The summed E-state index contributed by atoms with van der Waals surface area (Å²) in [6.07, 6.45) is 5.73. The van der Waals surface area contributed by atoms with Gasteiger partial charge in [0, 0.05) is 6.20 Å². The van der Waals surface area contributed by atoms with Gasteiger partial charge in [0.2, 0.25) is 0 Å². The van der Waals surface area contributed by atoms with Crippen LogP contribution in [0.15, 0.2) is 17.3 Å². The van der Waals surface area contributed by atoms with Crippen LogP contribution < -0.4 is 5.32 Å². The molecule has 11 heavy (non-hydrogen) atoms. The van der Waals surface area contributed by atoms with E-state index in [0.29, 0.717) is 6.54 Å². The van der Waals surface area contributed by atoms with Gasteiger partial charge in [-0.1, -0.05) is 0 Å². The molecule has 0 spiro atoms. The third kappa shape index (κ3) is 0.911. The van der Waals surface area contributed by atoms with Gasteiger partial charge in [-0.25, -0.2) is 0 Å². The maximum atomic E-state index is 8.81. The van der Waals surface area contributed by atoms with Crippen LogP contribution in [0.3, 0.4) is 0 Å². The summed E-state index contributed by atoms with van der Waals surface area (Å²) in [5.41, 5.74) is -0.245. The van der Waals surface area contributed by atoms with E-state index in [2.05, 4.69) is 16.4 Å². The van der Waals surface area contributed by atoms with Crippen molar-refractivity contribution in [3.8, 4) is 6.07 Å². The molecule has 0 atom stereocenters. The monoisotopic (exact) mass is 147 g/mol. The molecule has 1 aliphatic carbocycles. The molecule has 0 amide bonds. The van der Waals surface area contributed by atoms with Crippen molar-refractivity contribution >= 4 is 5.84 Å². The number of rotatable bonds is 1. The van der Waals surface area contributed by atoms with Crippen molar-refractivity contribution in [1.29, 1.82) is 5.26 Å². The van der Waals surface area contributed by atoms with Gasteiger partial charge in [-0.3, -0.25) is 4.99 Å². The van der Waals surface area contributed by atoms with E-state index >= 15 is 0 Å². The maximum absolute atomic E-state index is 8.81. The van der Waals surface area contributed by atoms with Gasteiger partial charge in [-0.2, -0.15) is 5.26 Å². The average Bonchev–Trinajstić information content (AvgIpc) is 2.86. The Labute approximate surface area is 65.4 Å². The lowest BCUT2D eigenvalue weighted by atomic mass is 10.1. The number of nitrogens with zero attached hydrogens (tertiary/aromatic N) is 2. The van der Waals surface area contributed by atoms with Gasteiger partial charge in [-0.15, -0.1) is 0 Å². The standard InChI is InChI=1S/C8H9N3/c9-6-8(2-3-8)7-10-4-1-5-11-7/h1,4H,2-3,5H2,(H,10,11). The molecule has 0 unspecified atom stereocenters. The van der Waals surface area contributed by atoms with Gasteiger partial charge in [-0.05, 0) is 18.9 Å². The largest absolute Gasteiger partial charge is 0.349 e. The van der Waals surface area contributed by atoms with Gasteiger partial charge >= 0.3 is 0 Å². The van der Waals surface area contributed by atoms with E-state index in [1.165, 1.54) is 0 Å². The van der Waals surface area contributed by atoms with Crippen LogP contribution in [-0.2, 0) is 0 Å². The van der Waals surface area contributed by atoms with Crippen LogP contribution in [0, 0.1) is 16.7 Å². The maximum Gasteiger partial charge on any atom is 0.121 e. The van der Waals surface area contributed by atoms with Crippen LogP contribution in [0.4, 0.5) is 0 Å². The second-order valence-electron chi connectivity index (χ2n) is 2.93. The minimum absolute atomic E-state index is 0.245. The number of aliphatic imine (C=N–C) groups is 1. The average molecular weight is 147 g/mol. The molecular weight excluding hydrogens is 138 g/mol. The molecule has 1 saturated carbocycles. The first kappa shape index (κ1) is 6.41. The Morgan fingerprint density at radius 2 is 2.45 bits per heavy atom. The molecule has 1 heterocycles. The summed E-state index contributed by atoms with van der Waals surface area (Å²) in [6, 6.07) is 2.29. The normalized spacial score (nSPS) is 24.8. The van der Waals surface area contributed by atoms with Crippen molar-refractivity contribution in [2.24, 2.45) is 10.4 Å². The Hall–Kier alpha value is -1.30. The lowest BCUT2D eigenvalue weighted by Gasteiger charge is -2.12. The van der Waals surface area contributed by atoms with Crippen molar-refractivity contribution in [1.82, 2.24) is 5.32 Å². The van der Waals surface area contributed by atoms with Crippen LogP contribution in [0.25, 0.3) is 0 Å². The molecule has 3 nitrogen and oxygen atoms in total. The van der Waals surface area contributed by atoms with E-state index in [9.17, 15) is 0 Å². The minimum Gasteiger partial charge on any atom is -0.349 e. The molecule has 1 N–H and O–H groups in total. The van der Waals surface area contributed by atoms with E-state index < -0.39 is 0 Å². The highest BCUT2D eigenvalue weighted by molar-refractivity contribution is 5.94. The van der Waals surface area contributed by atoms with E-state index in [4.69, 9.17) is 5.26 Å². The first-order chi connectivity index (χ1) is 5.37. The van der Waals surface area contributed by atoms with E-state index in [1.807, 2.05) is 12.3 Å². The molecule has 0 aromatic carbocycles. The highest BCUT2D eigenvalue weighted by atomic mass is 15.0. The summed E-state index contributed by atoms with van der Waals surface area (Å²) >= 11 is 0. The summed E-state index contributed by atoms with van der Waals surface area (Å²) in [6.45, 7) is 0.714. The summed E-state index contributed by atoms with van der Waals surface area (Å²) < 4.78 is 0. The number of nitriles is 1. The topological polar surface area (TPSA) is 48.2 Å². The van der Waals surface area contributed by atoms with Gasteiger partial charge < -0.3 is 5.32 Å². The Balaban J connectivity index is 2.17. The minimum atomic E-state index is -0.245. The predicted octanol–water partition coefficient (Wildman–Crippen LogP) is 0.806. The van der Waals surface area contributed by atoms with Crippen molar-refractivity contribution in [3.05, 3.63) is 12.3 Å². The van der Waals surface area contributed by atoms with Crippen LogP contribution in [0.2, 0.25) is 0 Å². The quantitative estimate of drug-likeness (QED) is 0.596.